The largest absolute Gasteiger partial charge is 0.354 e. The Labute approximate surface area is 235 Å². The Morgan fingerprint density at radius 3 is 2.38 bits per heavy atom. The maximum atomic E-state index is 13.2. The van der Waals surface area contributed by atoms with Crippen molar-refractivity contribution in [1.29, 1.82) is 0 Å². The van der Waals surface area contributed by atoms with Gasteiger partial charge in [0.05, 0.1) is 9.90 Å². The van der Waals surface area contributed by atoms with Gasteiger partial charge in [0.15, 0.2) is 0 Å². The minimum absolute atomic E-state index is 0.113. The minimum Gasteiger partial charge on any atom is -0.354 e. The number of halogens is 2. The highest BCUT2D eigenvalue weighted by Crippen LogP contribution is 2.25. The average molecular weight is 588 g/mol. The van der Waals surface area contributed by atoms with Gasteiger partial charge in [0, 0.05) is 24.2 Å². The molecule has 0 spiro atoms. The fourth-order valence-corrected chi connectivity index (χ4v) is 6.51. The highest BCUT2D eigenvalue weighted by molar-refractivity contribution is 7.89. The van der Waals surface area contributed by atoms with E-state index in [1.54, 1.807) is 0 Å². The van der Waals surface area contributed by atoms with E-state index in [-0.39, 0.29) is 28.3 Å². The summed E-state index contributed by atoms with van der Waals surface area (Å²) in [6, 6.07) is 21.2. The fraction of sp³-hybridized carbons (Fsp3) is 0.214. The number of carbonyl (C=O) groups is 2. The van der Waals surface area contributed by atoms with Crippen molar-refractivity contribution in [3.8, 4) is 0 Å². The lowest BCUT2D eigenvalue weighted by atomic mass is 10.0. The van der Waals surface area contributed by atoms with Gasteiger partial charge in [-0.1, -0.05) is 60.1 Å². The first-order valence-corrected chi connectivity index (χ1v) is 15.0. The van der Waals surface area contributed by atoms with Crippen LogP contribution in [0.1, 0.15) is 28.1 Å². The zero-order chi connectivity index (χ0) is 27.8. The van der Waals surface area contributed by atoms with Gasteiger partial charge in [-0.3, -0.25) is 9.59 Å². The zero-order valence-electron chi connectivity index (χ0n) is 20.8. The van der Waals surface area contributed by atoms with Crippen molar-refractivity contribution in [2.24, 2.45) is 0 Å². The molecule has 204 valence electrons. The van der Waals surface area contributed by atoms with Crippen molar-refractivity contribution < 1.29 is 22.4 Å². The summed E-state index contributed by atoms with van der Waals surface area (Å²) in [5.41, 5.74) is 0.906. The SMILES string of the molecule is O=C(N[C@@H](Cc1ccccc1)C(=O)NCCCCNS(=O)(=O)c1ccc(F)cc1Cl)c1cc2ccccc2s1. The molecule has 1 heterocycles. The van der Waals surface area contributed by atoms with Gasteiger partial charge < -0.3 is 10.6 Å². The Morgan fingerprint density at radius 2 is 1.64 bits per heavy atom. The number of thiophene rings is 1. The van der Waals surface area contributed by atoms with E-state index in [1.165, 1.54) is 11.3 Å². The van der Waals surface area contributed by atoms with E-state index < -0.39 is 21.9 Å². The Hall–Kier alpha value is -3.31. The van der Waals surface area contributed by atoms with Gasteiger partial charge in [0.25, 0.3) is 5.91 Å². The smallest absolute Gasteiger partial charge is 0.262 e. The van der Waals surface area contributed by atoms with Crippen molar-refractivity contribution >= 4 is 54.9 Å². The van der Waals surface area contributed by atoms with Gasteiger partial charge in [-0.2, -0.15) is 0 Å². The van der Waals surface area contributed by atoms with E-state index in [1.807, 2.05) is 60.7 Å². The Balaban J connectivity index is 1.30. The summed E-state index contributed by atoms with van der Waals surface area (Å²) in [6.07, 6.45) is 1.26. The third kappa shape index (κ3) is 7.86. The summed E-state index contributed by atoms with van der Waals surface area (Å²) in [5, 5.41) is 6.48. The number of benzene rings is 3. The summed E-state index contributed by atoms with van der Waals surface area (Å²) in [4.78, 5) is 26.4. The number of nitrogens with one attached hydrogen (secondary N) is 3. The van der Waals surface area contributed by atoms with Crippen molar-refractivity contribution in [3.63, 3.8) is 0 Å². The van der Waals surface area contributed by atoms with E-state index in [4.69, 9.17) is 11.6 Å². The molecule has 1 aromatic heterocycles. The lowest BCUT2D eigenvalue weighted by Crippen LogP contribution is -2.48. The van der Waals surface area contributed by atoms with E-state index in [2.05, 4.69) is 15.4 Å². The second kappa shape index (κ2) is 13.2. The number of unbranched alkanes of at least 4 members (excludes halogenated alkanes) is 1. The van der Waals surface area contributed by atoms with Gasteiger partial charge in [-0.05, 0) is 54.1 Å². The van der Waals surface area contributed by atoms with Crippen molar-refractivity contribution in [2.45, 2.75) is 30.2 Å². The number of fused-ring (bicyclic) bond motifs is 1. The fourth-order valence-electron chi connectivity index (χ4n) is 3.94. The highest BCUT2D eigenvalue weighted by atomic mass is 35.5. The van der Waals surface area contributed by atoms with Crippen LogP contribution >= 0.6 is 22.9 Å². The lowest BCUT2D eigenvalue weighted by molar-refractivity contribution is -0.122. The number of hydrogen-bond acceptors (Lipinski definition) is 5. The van der Waals surface area contributed by atoms with Gasteiger partial charge in [-0.25, -0.2) is 17.5 Å². The molecule has 3 aromatic carbocycles. The first-order chi connectivity index (χ1) is 18.7. The Morgan fingerprint density at radius 1 is 0.923 bits per heavy atom. The first-order valence-electron chi connectivity index (χ1n) is 12.3. The molecular formula is C28H27ClFN3O4S2. The zero-order valence-corrected chi connectivity index (χ0v) is 23.2. The van der Waals surface area contributed by atoms with Crippen LogP contribution in [0.15, 0.2) is 83.8 Å². The molecular weight excluding hydrogens is 561 g/mol. The Kier molecular flexibility index (Phi) is 9.68. The van der Waals surface area contributed by atoms with Crippen LogP contribution in [0.3, 0.4) is 0 Å². The number of amides is 2. The van der Waals surface area contributed by atoms with Crippen molar-refractivity contribution in [3.05, 3.63) is 100 Å². The van der Waals surface area contributed by atoms with Gasteiger partial charge in [-0.15, -0.1) is 11.3 Å². The molecule has 0 aliphatic heterocycles. The van der Waals surface area contributed by atoms with Gasteiger partial charge >= 0.3 is 0 Å². The number of sulfonamides is 1. The summed E-state index contributed by atoms with van der Waals surface area (Å²) < 4.78 is 41.5. The molecule has 0 saturated heterocycles. The molecule has 0 unspecified atom stereocenters. The van der Waals surface area contributed by atoms with Crippen LogP contribution < -0.4 is 15.4 Å². The molecule has 0 saturated carbocycles. The molecule has 4 aromatic rings. The second-order valence-corrected chi connectivity index (χ2v) is 12.1. The summed E-state index contributed by atoms with van der Waals surface area (Å²) >= 11 is 7.23. The normalized spacial score (nSPS) is 12.3. The van der Waals surface area contributed by atoms with Crippen molar-refractivity contribution in [1.82, 2.24) is 15.4 Å². The highest BCUT2D eigenvalue weighted by Gasteiger charge is 2.23. The van der Waals surface area contributed by atoms with E-state index in [0.29, 0.717) is 30.7 Å². The predicted octanol–water partition coefficient (Wildman–Crippen LogP) is 4.91. The topological polar surface area (TPSA) is 104 Å². The molecule has 39 heavy (non-hydrogen) atoms. The molecule has 4 rings (SSSR count). The first kappa shape index (κ1) is 28.7. The molecule has 0 radical (unpaired) electrons. The Bertz CT molecular complexity index is 1530. The van der Waals surface area contributed by atoms with E-state index >= 15 is 0 Å². The maximum Gasteiger partial charge on any atom is 0.262 e. The van der Waals surface area contributed by atoms with Crippen molar-refractivity contribution in [2.75, 3.05) is 13.1 Å². The molecule has 7 nitrogen and oxygen atoms in total. The molecule has 0 aliphatic rings. The third-order valence-electron chi connectivity index (χ3n) is 5.93. The molecule has 0 aliphatic carbocycles. The lowest BCUT2D eigenvalue weighted by Gasteiger charge is -2.18. The van der Waals surface area contributed by atoms with Crippen LogP contribution in [0.5, 0.6) is 0 Å². The third-order valence-corrected chi connectivity index (χ3v) is 8.99. The number of carbonyl (C=O) groups excluding carboxylic acids is 2. The molecule has 11 heteroatoms. The summed E-state index contributed by atoms with van der Waals surface area (Å²) in [6.45, 7) is 0.407. The van der Waals surface area contributed by atoms with Crippen LogP contribution in [0.25, 0.3) is 10.1 Å². The summed E-state index contributed by atoms with van der Waals surface area (Å²) in [5.74, 6) is -1.27. The molecule has 3 N–H and O–H groups in total. The number of rotatable bonds is 12. The van der Waals surface area contributed by atoms with E-state index in [9.17, 15) is 22.4 Å². The minimum atomic E-state index is -3.89. The molecule has 0 fully saturated rings. The van der Waals surface area contributed by atoms with Crippen LogP contribution in [0.4, 0.5) is 4.39 Å². The second-order valence-electron chi connectivity index (χ2n) is 8.83. The average Bonchev–Trinajstić information content (AvgIpc) is 3.35. The maximum absolute atomic E-state index is 13.2. The van der Waals surface area contributed by atoms with Crippen LogP contribution in [0.2, 0.25) is 5.02 Å². The summed E-state index contributed by atoms with van der Waals surface area (Å²) in [7, 11) is -3.89. The predicted molar refractivity (Wildman–Crippen MR) is 152 cm³/mol. The van der Waals surface area contributed by atoms with Gasteiger partial charge in [0.2, 0.25) is 15.9 Å². The van der Waals surface area contributed by atoms with Crippen LogP contribution in [0, 0.1) is 5.82 Å². The molecule has 2 amide bonds. The van der Waals surface area contributed by atoms with Crippen LogP contribution in [-0.2, 0) is 21.2 Å². The molecule has 1 atom stereocenters. The quantitative estimate of drug-likeness (QED) is 0.205. The standard InChI is InChI=1S/C28H27ClFN3O4S2/c29-22-18-21(30)12-13-26(22)39(36,37)32-15-7-6-14-31-27(34)23(16-19-8-2-1-3-9-19)33-28(35)25-17-20-10-4-5-11-24(20)38-25/h1-5,8-13,17-18,23,32H,6-7,14-16H2,(H,31,34)(H,33,35)/t23-/m0/s1. The van der Waals surface area contributed by atoms with E-state index in [0.717, 1.165) is 33.8 Å². The van der Waals surface area contributed by atoms with Gasteiger partial charge in [0.1, 0.15) is 16.8 Å². The monoisotopic (exact) mass is 587 g/mol. The molecule has 0 bridgehead atoms. The number of hydrogen-bond donors (Lipinski definition) is 3. The van der Waals surface area contributed by atoms with Crippen LogP contribution in [-0.4, -0.2) is 39.4 Å².